The number of allylic oxidation sites excluding steroid dienone is 1. The molecule has 1 aliphatic heterocycles. The zero-order valence-electron chi connectivity index (χ0n) is 10.9. The van der Waals surface area contributed by atoms with E-state index in [1.54, 1.807) is 0 Å². The van der Waals surface area contributed by atoms with Gasteiger partial charge in [0.1, 0.15) is 0 Å². The van der Waals surface area contributed by atoms with Crippen LogP contribution in [0.3, 0.4) is 0 Å². The van der Waals surface area contributed by atoms with Crippen LogP contribution in [0.5, 0.6) is 0 Å². The Labute approximate surface area is 99.3 Å². The summed E-state index contributed by atoms with van der Waals surface area (Å²) in [7, 11) is 0. The summed E-state index contributed by atoms with van der Waals surface area (Å²) in [5, 5.41) is 0. The van der Waals surface area contributed by atoms with Crippen LogP contribution in [-0.2, 0) is 4.74 Å². The van der Waals surface area contributed by atoms with Crippen molar-refractivity contribution in [3.63, 3.8) is 0 Å². The van der Waals surface area contributed by atoms with E-state index in [-0.39, 0.29) is 5.60 Å². The quantitative estimate of drug-likeness (QED) is 0.445. The van der Waals surface area contributed by atoms with Gasteiger partial charge in [0, 0.05) is 0 Å². The summed E-state index contributed by atoms with van der Waals surface area (Å²) < 4.78 is 5.86. The lowest BCUT2D eigenvalue weighted by Crippen LogP contribution is -2.44. The van der Waals surface area contributed by atoms with E-state index in [9.17, 15) is 0 Å². The molecule has 0 spiro atoms. The molecule has 1 heteroatoms. The largest absolute Gasteiger partial charge is 0.366 e. The first kappa shape index (κ1) is 10.8. The van der Waals surface area contributed by atoms with Crippen molar-refractivity contribution in [1.82, 2.24) is 0 Å². The van der Waals surface area contributed by atoms with Crippen LogP contribution in [0.1, 0.15) is 52.9 Å². The van der Waals surface area contributed by atoms with E-state index in [0.29, 0.717) is 11.5 Å². The van der Waals surface area contributed by atoms with Gasteiger partial charge in [0.25, 0.3) is 0 Å². The third-order valence-corrected chi connectivity index (χ3v) is 5.47. The molecule has 90 valence electrons. The fraction of sp³-hybridized carbons (Fsp3) is 0.867. The van der Waals surface area contributed by atoms with Gasteiger partial charge in [-0.15, -0.1) is 0 Å². The van der Waals surface area contributed by atoms with Crippen LogP contribution in [0.2, 0.25) is 0 Å². The normalized spacial score (nSPS) is 50.2. The molecule has 3 rings (SSSR count). The van der Waals surface area contributed by atoms with Crippen LogP contribution in [0.15, 0.2) is 12.2 Å². The van der Waals surface area contributed by atoms with Crippen molar-refractivity contribution in [2.24, 2.45) is 17.3 Å². The van der Waals surface area contributed by atoms with Gasteiger partial charge in [-0.05, 0) is 56.3 Å². The molecule has 2 saturated carbocycles. The van der Waals surface area contributed by atoms with Crippen LogP contribution in [-0.4, -0.2) is 11.7 Å². The number of ether oxygens (including phenoxy) is 1. The van der Waals surface area contributed by atoms with Gasteiger partial charge in [-0.1, -0.05) is 26.0 Å². The second-order valence-corrected chi connectivity index (χ2v) is 7.06. The topological polar surface area (TPSA) is 12.5 Å². The molecule has 3 fully saturated rings. The van der Waals surface area contributed by atoms with E-state index >= 15 is 0 Å². The molecule has 0 aromatic heterocycles. The Morgan fingerprint density at radius 1 is 1.25 bits per heavy atom. The highest BCUT2D eigenvalue weighted by molar-refractivity contribution is 5.16. The van der Waals surface area contributed by atoms with Gasteiger partial charge >= 0.3 is 0 Å². The van der Waals surface area contributed by atoms with Gasteiger partial charge in [-0.2, -0.15) is 0 Å². The number of rotatable bonds is 0. The standard InChI is InChI=1S/C15H24O/c1-10-5-6-13-15(4,16-13)8-7-12-11(10)9-14(12,2)3/h11-13H,1,5-9H2,2-4H3/t11-,12-,13-,15+/m1/s1. The lowest BCUT2D eigenvalue weighted by Gasteiger charge is -2.53. The van der Waals surface area contributed by atoms with Crippen LogP contribution < -0.4 is 0 Å². The first-order valence-corrected chi connectivity index (χ1v) is 6.78. The maximum Gasteiger partial charge on any atom is 0.0920 e. The number of hydrogen-bond acceptors (Lipinski definition) is 1. The molecule has 1 nitrogen and oxygen atoms in total. The maximum absolute atomic E-state index is 5.86. The average Bonchev–Trinajstić information content (AvgIpc) is 2.82. The lowest BCUT2D eigenvalue weighted by molar-refractivity contribution is -0.00211. The zero-order chi connectivity index (χ0) is 11.6. The number of epoxide rings is 1. The maximum atomic E-state index is 5.86. The molecular weight excluding hydrogens is 196 g/mol. The summed E-state index contributed by atoms with van der Waals surface area (Å²) >= 11 is 0. The van der Waals surface area contributed by atoms with Crippen molar-refractivity contribution >= 4 is 0 Å². The summed E-state index contributed by atoms with van der Waals surface area (Å²) in [4.78, 5) is 0. The second kappa shape index (κ2) is 3.13. The van der Waals surface area contributed by atoms with Gasteiger partial charge in [0.2, 0.25) is 0 Å². The molecule has 0 radical (unpaired) electrons. The second-order valence-electron chi connectivity index (χ2n) is 7.06. The van der Waals surface area contributed by atoms with Crippen LogP contribution in [0, 0.1) is 17.3 Å². The molecule has 2 aliphatic carbocycles. The Morgan fingerprint density at radius 2 is 2.00 bits per heavy atom. The van der Waals surface area contributed by atoms with Crippen molar-refractivity contribution in [3.8, 4) is 0 Å². The highest BCUT2D eigenvalue weighted by Gasteiger charge is 2.55. The first-order chi connectivity index (χ1) is 7.42. The van der Waals surface area contributed by atoms with Crippen molar-refractivity contribution in [1.29, 1.82) is 0 Å². The molecule has 0 aromatic rings. The summed E-state index contributed by atoms with van der Waals surface area (Å²) in [5.74, 6) is 1.68. The van der Waals surface area contributed by atoms with Crippen molar-refractivity contribution < 1.29 is 4.74 Å². The smallest absolute Gasteiger partial charge is 0.0920 e. The molecule has 0 N–H and O–H groups in total. The minimum absolute atomic E-state index is 0.223. The van der Waals surface area contributed by atoms with E-state index in [1.807, 2.05) is 0 Å². The molecule has 4 atom stereocenters. The zero-order valence-corrected chi connectivity index (χ0v) is 10.9. The minimum Gasteiger partial charge on any atom is -0.366 e. The van der Waals surface area contributed by atoms with Crippen LogP contribution in [0.4, 0.5) is 0 Å². The third kappa shape index (κ3) is 1.48. The molecule has 1 heterocycles. The van der Waals surface area contributed by atoms with Gasteiger partial charge < -0.3 is 4.74 Å². The summed E-state index contributed by atoms with van der Waals surface area (Å²) in [6, 6.07) is 0. The molecule has 0 aromatic carbocycles. The van der Waals surface area contributed by atoms with Crippen molar-refractivity contribution in [3.05, 3.63) is 12.2 Å². The predicted octanol–water partition coefficient (Wildman–Crippen LogP) is 3.94. The summed E-state index contributed by atoms with van der Waals surface area (Å²) in [6.07, 6.45) is 6.89. The Hall–Kier alpha value is -0.300. The molecule has 1 saturated heterocycles. The monoisotopic (exact) mass is 220 g/mol. The highest BCUT2D eigenvalue weighted by Crippen LogP contribution is 2.59. The Bertz CT molecular complexity index is 330. The molecule has 0 amide bonds. The predicted molar refractivity (Wildman–Crippen MR) is 66.3 cm³/mol. The van der Waals surface area contributed by atoms with Gasteiger partial charge in [0.15, 0.2) is 0 Å². The Balaban J connectivity index is 1.78. The highest BCUT2D eigenvalue weighted by atomic mass is 16.6. The molecule has 0 bridgehead atoms. The minimum atomic E-state index is 0.223. The van der Waals surface area contributed by atoms with E-state index < -0.39 is 0 Å². The van der Waals surface area contributed by atoms with E-state index in [2.05, 4.69) is 27.4 Å². The van der Waals surface area contributed by atoms with Gasteiger partial charge in [-0.3, -0.25) is 0 Å². The SMILES string of the molecule is C=C1CC[C@H]2O[C@@]2(C)CC[C@@H]2[C@@H]1CC2(C)C. The molecular formula is C15H24O. The average molecular weight is 220 g/mol. The van der Waals surface area contributed by atoms with Gasteiger partial charge in [-0.25, -0.2) is 0 Å². The van der Waals surface area contributed by atoms with Crippen LogP contribution >= 0.6 is 0 Å². The van der Waals surface area contributed by atoms with Crippen molar-refractivity contribution in [2.45, 2.75) is 64.6 Å². The number of hydrogen-bond donors (Lipinski definition) is 0. The third-order valence-electron chi connectivity index (χ3n) is 5.47. The van der Waals surface area contributed by atoms with E-state index in [4.69, 9.17) is 4.74 Å². The summed E-state index contributed by atoms with van der Waals surface area (Å²) in [5.41, 5.74) is 2.27. The van der Waals surface area contributed by atoms with Crippen molar-refractivity contribution in [2.75, 3.05) is 0 Å². The Kier molecular flexibility index (Phi) is 2.12. The number of fused-ring (bicyclic) bond motifs is 2. The fourth-order valence-corrected chi connectivity index (χ4v) is 4.08. The molecule has 16 heavy (non-hydrogen) atoms. The molecule has 0 unspecified atom stereocenters. The van der Waals surface area contributed by atoms with Gasteiger partial charge in [0.05, 0.1) is 11.7 Å². The van der Waals surface area contributed by atoms with Crippen LogP contribution in [0.25, 0.3) is 0 Å². The van der Waals surface area contributed by atoms with E-state index in [1.165, 1.54) is 37.7 Å². The van der Waals surface area contributed by atoms with E-state index in [0.717, 1.165) is 11.8 Å². The summed E-state index contributed by atoms with van der Waals surface area (Å²) in [6.45, 7) is 11.5. The Morgan fingerprint density at radius 3 is 2.69 bits per heavy atom. The lowest BCUT2D eigenvalue weighted by atomic mass is 9.52. The fourth-order valence-electron chi connectivity index (χ4n) is 4.08. The molecule has 3 aliphatic rings. The first-order valence-electron chi connectivity index (χ1n) is 6.78.